The van der Waals surface area contributed by atoms with Crippen LogP contribution in [-0.2, 0) is 9.47 Å². The van der Waals surface area contributed by atoms with Gasteiger partial charge in [-0.2, -0.15) is 0 Å². The van der Waals surface area contributed by atoms with Gasteiger partial charge in [0, 0.05) is 17.4 Å². The van der Waals surface area contributed by atoms with Crippen molar-refractivity contribution in [3.63, 3.8) is 0 Å². The summed E-state index contributed by atoms with van der Waals surface area (Å²) in [5.74, 6) is 0. The molecule has 1 aliphatic heterocycles. The van der Waals surface area contributed by atoms with Crippen LogP contribution >= 0.6 is 11.6 Å². The van der Waals surface area contributed by atoms with Crippen LogP contribution in [0.1, 0.15) is 64.2 Å². The summed E-state index contributed by atoms with van der Waals surface area (Å²) in [6.07, 6.45) is 13.5. The van der Waals surface area contributed by atoms with Gasteiger partial charge in [0.25, 0.3) is 0 Å². The van der Waals surface area contributed by atoms with E-state index in [9.17, 15) is 0 Å². The molecule has 110 valence electrons. The molecule has 0 bridgehead atoms. The van der Waals surface area contributed by atoms with E-state index in [0.717, 1.165) is 19.6 Å². The molecule has 19 heavy (non-hydrogen) atoms. The second-order valence-electron chi connectivity index (χ2n) is 6.66. The van der Waals surface area contributed by atoms with Crippen molar-refractivity contribution in [2.75, 3.05) is 13.2 Å². The van der Waals surface area contributed by atoms with Crippen LogP contribution in [0, 0.1) is 5.41 Å². The van der Waals surface area contributed by atoms with Crippen LogP contribution in [0.15, 0.2) is 0 Å². The van der Waals surface area contributed by atoms with Gasteiger partial charge in [0.15, 0.2) is 0 Å². The normalized spacial score (nSPS) is 38.7. The maximum Gasteiger partial charge on any atom is 0.0808 e. The van der Waals surface area contributed by atoms with E-state index < -0.39 is 0 Å². The molecule has 2 saturated carbocycles. The maximum absolute atomic E-state index is 6.56. The van der Waals surface area contributed by atoms with Gasteiger partial charge in [0.2, 0.25) is 0 Å². The SMILES string of the molecule is ClC1CC(OCC2CCCCO2)C12CCCCCC2. The zero-order chi connectivity index (χ0) is 13.1. The third-order valence-corrected chi connectivity index (χ3v) is 6.09. The molecule has 2 nitrogen and oxygen atoms in total. The summed E-state index contributed by atoms with van der Waals surface area (Å²) in [6, 6.07) is 0. The minimum Gasteiger partial charge on any atom is -0.376 e. The van der Waals surface area contributed by atoms with Crippen LogP contribution in [0.5, 0.6) is 0 Å². The highest BCUT2D eigenvalue weighted by atomic mass is 35.5. The Morgan fingerprint density at radius 1 is 1.05 bits per heavy atom. The van der Waals surface area contributed by atoms with Gasteiger partial charge in [0.1, 0.15) is 0 Å². The Morgan fingerprint density at radius 2 is 1.84 bits per heavy atom. The van der Waals surface area contributed by atoms with Crippen molar-refractivity contribution in [2.24, 2.45) is 5.41 Å². The molecule has 3 heteroatoms. The lowest BCUT2D eigenvalue weighted by molar-refractivity contribution is -0.145. The van der Waals surface area contributed by atoms with E-state index in [1.807, 2.05) is 0 Å². The molecule has 0 amide bonds. The number of alkyl halides is 1. The Bertz CT molecular complexity index is 280. The minimum atomic E-state index is 0.298. The van der Waals surface area contributed by atoms with E-state index in [0.29, 0.717) is 23.0 Å². The molecule has 1 spiro atoms. The van der Waals surface area contributed by atoms with Crippen molar-refractivity contribution in [1.29, 1.82) is 0 Å². The first kappa shape index (κ1) is 14.2. The number of hydrogen-bond acceptors (Lipinski definition) is 2. The molecule has 0 aromatic heterocycles. The van der Waals surface area contributed by atoms with Gasteiger partial charge in [-0.15, -0.1) is 11.6 Å². The molecule has 0 N–H and O–H groups in total. The van der Waals surface area contributed by atoms with Crippen LogP contribution in [0.3, 0.4) is 0 Å². The van der Waals surface area contributed by atoms with E-state index >= 15 is 0 Å². The van der Waals surface area contributed by atoms with E-state index in [1.54, 1.807) is 0 Å². The molecule has 3 rings (SSSR count). The van der Waals surface area contributed by atoms with Gasteiger partial charge < -0.3 is 9.47 Å². The summed E-state index contributed by atoms with van der Waals surface area (Å²) < 4.78 is 12.0. The van der Waals surface area contributed by atoms with Gasteiger partial charge in [-0.3, -0.25) is 0 Å². The lowest BCUT2D eigenvalue weighted by Gasteiger charge is -2.53. The first-order valence-corrected chi connectivity index (χ1v) is 8.62. The van der Waals surface area contributed by atoms with Gasteiger partial charge in [-0.05, 0) is 38.5 Å². The van der Waals surface area contributed by atoms with Crippen LogP contribution in [0.25, 0.3) is 0 Å². The van der Waals surface area contributed by atoms with Crippen LogP contribution in [0.2, 0.25) is 0 Å². The van der Waals surface area contributed by atoms with Crippen molar-refractivity contribution < 1.29 is 9.47 Å². The fourth-order valence-corrected chi connectivity index (χ4v) is 4.64. The Balaban J connectivity index is 1.52. The fraction of sp³-hybridized carbons (Fsp3) is 1.00. The summed E-state index contributed by atoms with van der Waals surface area (Å²) in [4.78, 5) is 0. The quantitative estimate of drug-likeness (QED) is 0.721. The smallest absolute Gasteiger partial charge is 0.0808 e. The van der Waals surface area contributed by atoms with Crippen LogP contribution < -0.4 is 0 Å². The molecule has 3 unspecified atom stereocenters. The molecule has 3 aliphatic rings. The largest absolute Gasteiger partial charge is 0.376 e. The maximum atomic E-state index is 6.56. The van der Waals surface area contributed by atoms with E-state index in [1.165, 1.54) is 57.8 Å². The Kier molecular flexibility index (Phi) is 4.71. The lowest BCUT2D eigenvalue weighted by Crippen LogP contribution is -2.56. The second kappa shape index (κ2) is 6.32. The molecule has 0 radical (unpaired) electrons. The predicted octanol–water partition coefficient (Wildman–Crippen LogP) is 4.29. The number of rotatable bonds is 3. The van der Waals surface area contributed by atoms with Crippen LogP contribution in [0.4, 0.5) is 0 Å². The first-order valence-electron chi connectivity index (χ1n) is 8.18. The average molecular weight is 287 g/mol. The number of hydrogen-bond donors (Lipinski definition) is 0. The zero-order valence-corrected chi connectivity index (χ0v) is 12.7. The highest BCUT2D eigenvalue weighted by molar-refractivity contribution is 6.21. The van der Waals surface area contributed by atoms with Crippen molar-refractivity contribution >= 4 is 11.6 Å². The standard InChI is InChI=1S/C16H27ClO2/c17-14-11-15(16(14)8-4-1-2-5-9-16)19-12-13-7-3-6-10-18-13/h13-15H,1-12H2. The molecule has 2 aliphatic carbocycles. The summed E-state index contributed by atoms with van der Waals surface area (Å²) in [5, 5.41) is 0.350. The predicted molar refractivity (Wildman–Crippen MR) is 77.7 cm³/mol. The van der Waals surface area contributed by atoms with Crippen molar-refractivity contribution in [3.05, 3.63) is 0 Å². The molecule has 3 fully saturated rings. The van der Waals surface area contributed by atoms with Gasteiger partial charge >= 0.3 is 0 Å². The summed E-state index contributed by atoms with van der Waals surface area (Å²) in [6.45, 7) is 1.71. The monoisotopic (exact) mass is 286 g/mol. The fourth-order valence-electron chi connectivity index (χ4n) is 4.12. The van der Waals surface area contributed by atoms with E-state index in [4.69, 9.17) is 21.1 Å². The van der Waals surface area contributed by atoms with Gasteiger partial charge in [-0.25, -0.2) is 0 Å². The molecule has 1 saturated heterocycles. The van der Waals surface area contributed by atoms with Gasteiger partial charge in [0.05, 0.1) is 18.8 Å². The average Bonchev–Trinajstić information content (AvgIpc) is 2.72. The molecular formula is C16H27ClO2. The lowest BCUT2D eigenvalue weighted by atomic mass is 9.61. The molecule has 0 aromatic rings. The summed E-state index contributed by atoms with van der Waals surface area (Å²) in [7, 11) is 0. The second-order valence-corrected chi connectivity index (χ2v) is 7.19. The van der Waals surface area contributed by atoms with Crippen molar-refractivity contribution in [1.82, 2.24) is 0 Å². The van der Waals surface area contributed by atoms with Crippen molar-refractivity contribution in [2.45, 2.75) is 81.8 Å². The van der Waals surface area contributed by atoms with Gasteiger partial charge in [-0.1, -0.05) is 25.7 Å². The first-order chi connectivity index (χ1) is 9.31. The van der Waals surface area contributed by atoms with Crippen molar-refractivity contribution in [3.8, 4) is 0 Å². The minimum absolute atomic E-state index is 0.298. The molecule has 0 aromatic carbocycles. The zero-order valence-electron chi connectivity index (χ0n) is 11.9. The molecule has 1 heterocycles. The third-order valence-electron chi connectivity index (χ3n) is 5.48. The summed E-state index contributed by atoms with van der Waals surface area (Å²) in [5.41, 5.74) is 0.298. The Labute approximate surface area is 122 Å². The number of halogens is 1. The van der Waals surface area contributed by atoms with Crippen LogP contribution in [-0.4, -0.2) is 30.8 Å². The highest BCUT2D eigenvalue weighted by Gasteiger charge is 2.54. The number of ether oxygens (including phenoxy) is 2. The third kappa shape index (κ3) is 2.96. The molecular weight excluding hydrogens is 260 g/mol. The Hall–Kier alpha value is 0.210. The summed E-state index contributed by atoms with van der Waals surface area (Å²) >= 11 is 6.56. The molecule has 3 atom stereocenters. The van der Waals surface area contributed by atoms with E-state index in [-0.39, 0.29) is 0 Å². The van der Waals surface area contributed by atoms with E-state index in [2.05, 4.69) is 0 Å². The highest BCUT2D eigenvalue weighted by Crippen LogP contribution is 2.55. The Morgan fingerprint density at radius 3 is 2.47 bits per heavy atom. The topological polar surface area (TPSA) is 18.5 Å².